The van der Waals surface area contributed by atoms with Crippen molar-refractivity contribution in [3.8, 4) is 6.07 Å². The van der Waals surface area contributed by atoms with Crippen LogP contribution in [0.1, 0.15) is 32.1 Å². The quantitative estimate of drug-likeness (QED) is 0.681. The van der Waals surface area contributed by atoms with Gasteiger partial charge in [-0.25, -0.2) is 0 Å². The molecule has 2 aliphatic rings. The summed E-state index contributed by atoms with van der Waals surface area (Å²) in [7, 11) is 0. The molecule has 0 amide bonds. The van der Waals surface area contributed by atoms with Gasteiger partial charge in [0.15, 0.2) is 0 Å². The van der Waals surface area contributed by atoms with Crippen molar-refractivity contribution in [2.24, 2.45) is 5.92 Å². The van der Waals surface area contributed by atoms with Crippen molar-refractivity contribution in [3.05, 3.63) is 0 Å². The van der Waals surface area contributed by atoms with E-state index in [1.807, 2.05) is 0 Å². The highest BCUT2D eigenvalue weighted by molar-refractivity contribution is 4.93. The van der Waals surface area contributed by atoms with Gasteiger partial charge >= 0.3 is 0 Å². The van der Waals surface area contributed by atoms with Crippen molar-refractivity contribution in [1.29, 1.82) is 5.26 Å². The van der Waals surface area contributed by atoms with E-state index >= 15 is 0 Å². The number of nitrogens with zero attached hydrogens (tertiary/aromatic N) is 2. The molecule has 1 N–H and O–H groups in total. The highest BCUT2D eigenvalue weighted by Crippen LogP contribution is 2.27. The predicted octanol–water partition coefficient (Wildman–Crippen LogP) is 1.14. The molecule has 0 aromatic rings. The van der Waals surface area contributed by atoms with Gasteiger partial charge < -0.3 is 5.11 Å². The summed E-state index contributed by atoms with van der Waals surface area (Å²) >= 11 is 0. The Hall–Kier alpha value is -0.590. The van der Waals surface area contributed by atoms with Crippen LogP contribution in [0.3, 0.4) is 0 Å². The fourth-order valence-electron chi connectivity index (χ4n) is 2.76. The van der Waals surface area contributed by atoms with E-state index in [-0.39, 0.29) is 12.0 Å². The Morgan fingerprint density at radius 3 is 2.71 bits per heavy atom. The van der Waals surface area contributed by atoms with Gasteiger partial charge in [-0.3, -0.25) is 4.90 Å². The van der Waals surface area contributed by atoms with Gasteiger partial charge in [0.25, 0.3) is 0 Å². The normalized spacial score (nSPS) is 39.6. The standard InChI is InChI=1S/C11H18N2O/c12-7-9-3-2-6-13(8-9)10-4-1-5-11(10)14/h9-11,14H,1-6,8H2. The highest BCUT2D eigenvalue weighted by atomic mass is 16.3. The van der Waals surface area contributed by atoms with E-state index in [9.17, 15) is 5.11 Å². The Bertz CT molecular complexity index is 236. The van der Waals surface area contributed by atoms with E-state index < -0.39 is 0 Å². The molecule has 0 aromatic carbocycles. The van der Waals surface area contributed by atoms with E-state index in [0.29, 0.717) is 6.04 Å². The number of hydrogen-bond acceptors (Lipinski definition) is 3. The maximum absolute atomic E-state index is 9.78. The monoisotopic (exact) mass is 194 g/mol. The molecule has 0 radical (unpaired) electrons. The molecule has 3 atom stereocenters. The molecule has 3 nitrogen and oxygen atoms in total. The molecule has 0 bridgehead atoms. The smallest absolute Gasteiger partial charge is 0.0695 e. The summed E-state index contributed by atoms with van der Waals surface area (Å²) in [6, 6.07) is 2.69. The Labute approximate surface area is 85.3 Å². The minimum atomic E-state index is -0.146. The number of likely N-dealkylation sites (tertiary alicyclic amines) is 1. The summed E-state index contributed by atoms with van der Waals surface area (Å²) in [6.07, 6.45) is 5.20. The van der Waals surface area contributed by atoms with Gasteiger partial charge in [0.2, 0.25) is 0 Å². The van der Waals surface area contributed by atoms with Crippen molar-refractivity contribution in [2.45, 2.75) is 44.2 Å². The van der Waals surface area contributed by atoms with E-state index in [2.05, 4.69) is 11.0 Å². The number of nitriles is 1. The summed E-state index contributed by atoms with van der Waals surface area (Å²) in [4.78, 5) is 2.33. The Morgan fingerprint density at radius 2 is 2.07 bits per heavy atom. The van der Waals surface area contributed by atoms with Crippen molar-refractivity contribution < 1.29 is 5.11 Å². The molecule has 78 valence electrons. The van der Waals surface area contributed by atoms with Crippen LogP contribution < -0.4 is 0 Å². The van der Waals surface area contributed by atoms with Gasteiger partial charge in [0.05, 0.1) is 18.1 Å². The third-order valence-electron chi connectivity index (χ3n) is 3.55. The van der Waals surface area contributed by atoms with Crippen LogP contribution in [-0.2, 0) is 0 Å². The van der Waals surface area contributed by atoms with E-state index in [0.717, 1.165) is 45.2 Å². The minimum absolute atomic E-state index is 0.146. The molecule has 3 heteroatoms. The second-order valence-corrected chi connectivity index (χ2v) is 4.53. The maximum atomic E-state index is 9.78. The number of aliphatic hydroxyl groups is 1. The van der Waals surface area contributed by atoms with Gasteiger partial charge in [-0.05, 0) is 38.6 Å². The first-order valence-corrected chi connectivity index (χ1v) is 5.63. The van der Waals surface area contributed by atoms with Crippen molar-refractivity contribution in [2.75, 3.05) is 13.1 Å². The molecule has 2 rings (SSSR count). The summed E-state index contributed by atoms with van der Waals surface area (Å²) in [5, 5.41) is 18.7. The molecular formula is C11H18N2O. The lowest BCUT2D eigenvalue weighted by Gasteiger charge is -2.35. The second kappa shape index (κ2) is 4.29. The van der Waals surface area contributed by atoms with E-state index in [4.69, 9.17) is 5.26 Å². The average molecular weight is 194 g/mol. The average Bonchev–Trinajstić information content (AvgIpc) is 2.65. The molecule has 1 heterocycles. The van der Waals surface area contributed by atoms with Gasteiger partial charge in [-0.1, -0.05) is 0 Å². The summed E-state index contributed by atoms with van der Waals surface area (Å²) in [5.74, 6) is 0.191. The third kappa shape index (κ3) is 1.92. The zero-order chi connectivity index (χ0) is 9.97. The predicted molar refractivity (Wildman–Crippen MR) is 53.6 cm³/mol. The molecule has 3 unspecified atom stereocenters. The fraction of sp³-hybridized carbons (Fsp3) is 0.909. The van der Waals surface area contributed by atoms with Crippen molar-refractivity contribution in [3.63, 3.8) is 0 Å². The molecule has 1 saturated carbocycles. The molecule has 14 heavy (non-hydrogen) atoms. The maximum Gasteiger partial charge on any atom is 0.0695 e. The SMILES string of the molecule is N#CC1CCCN(C2CCCC2O)C1. The topological polar surface area (TPSA) is 47.3 Å². The second-order valence-electron chi connectivity index (χ2n) is 4.53. The van der Waals surface area contributed by atoms with Gasteiger partial charge in [-0.15, -0.1) is 0 Å². The zero-order valence-electron chi connectivity index (χ0n) is 8.52. The largest absolute Gasteiger partial charge is 0.391 e. The van der Waals surface area contributed by atoms with Crippen molar-refractivity contribution >= 4 is 0 Å². The van der Waals surface area contributed by atoms with Gasteiger partial charge in [0, 0.05) is 12.6 Å². The lowest BCUT2D eigenvalue weighted by atomic mass is 9.97. The Kier molecular flexibility index (Phi) is 3.05. The van der Waals surface area contributed by atoms with Gasteiger partial charge in [0.1, 0.15) is 0 Å². The summed E-state index contributed by atoms with van der Waals surface area (Å²) < 4.78 is 0. The van der Waals surface area contributed by atoms with Crippen LogP contribution in [0.2, 0.25) is 0 Å². The third-order valence-corrected chi connectivity index (χ3v) is 3.55. The molecule has 0 spiro atoms. The molecule has 1 aliphatic heterocycles. The van der Waals surface area contributed by atoms with Gasteiger partial charge in [-0.2, -0.15) is 5.26 Å². The Balaban J connectivity index is 1.94. The number of rotatable bonds is 1. The summed E-state index contributed by atoms with van der Waals surface area (Å²) in [6.45, 7) is 1.94. The molecular weight excluding hydrogens is 176 g/mol. The molecule has 2 fully saturated rings. The summed E-state index contributed by atoms with van der Waals surface area (Å²) in [5.41, 5.74) is 0. The van der Waals surface area contributed by atoms with E-state index in [1.165, 1.54) is 0 Å². The first kappa shape index (κ1) is 9.95. The molecule has 0 aromatic heterocycles. The first-order chi connectivity index (χ1) is 6.81. The van der Waals surface area contributed by atoms with Crippen LogP contribution in [0.25, 0.3) is 0 Å². The number of hydrogen-bond donors (Lipinski definition) is 1. The minimum Gasteiger partial charge on any atom is -0.391 e. The Morgan fingerprint density at radius 1 is 1.21 bits per heavy atom. The van der Waals surface area contributed by atoms with Crippen LogP contribution in [0.5, 0.6) is 0 Å². The number of aliphatic hydroxyl groups excluding tert-OH is 1. The lowest BCUT2D eigenvalue weighted by molar-refractivity contribution is 0.0507. The van der Waals surface area contributed by atoms with Crippen LogP contribution >= 0.6 is 0 Å². The van der Waals surface area contributed by atoms with E-state index in [1.54, 1.807) is 0 Å². The first-order valence-electron chi connectivity index (χ1n) is 5.63. The number of piperidine rings is 1. The molecule has 1 saturated heterocycles. The highest BCUT2D eigenvalue weighted by Gasteiger charge is 2.33. The molecule has 1 aliphatic carbocycles. The fourth-order valence-corrected chi connectivity index (χ4v) is 2.76. The van der Waals surface area contributed by atoms with Crippen molar-refractivity contribution in [1.82, 2.24) is 4.90 Å². The lowest BCUT2D eigenvalue weighted by Crippen LogP contribution is -2.45. The zero-order valence-corrected chi connectivity index (χ0v) is 8.52. The van der Waals surface area contributed by atoms with Crippen LogP contribution in [0, 0.1) is 17.2 Å². The van der Waals surface area contributed by atoms with Crippen LogP contribution in [-0.4, -0.2) is 35.2 Å². The van der Waals surface area contributed by atoms with Crippen LogP contribution in [0.4, 0.5) is 0 Å². The van der Waals surface area contributed by atoms with Crippen LogP contribution in [0.15, 0.2) is 0 Å².